The number of hydrogen-bond donors (Lipinski definition) is 1. The summed E-state index contributed by atoms with van der Waals surface area (Å²) < 4.78 is 9.64. The highest BCUT2D eigenvalue weighted by Crippen LogP contribution is 2.29. The second-order valence-corrected chi connectivity index (χ2v) is 7.42. The van der Waals surface area contributed by atoms with Crippen LogP contribution in [0.5, 0.6) is 0 Å². The molecular formula is C15H28N4OS. The summed E-state index contributed by atoms with van der Waals surface area (Å²) in [5.74, 6) is 0.958. The first-order valence-corrected chi connectivity index (χ1v) is 8.60. The Balaban J connectivity index is 1.99. The third-order valence-electron chi connectivity index (χ3n) is 3.82. The summed E-state index contributed by atoms with van der Waals surface area (Å²) in [5.41, 5.74) is 0.0246. The fourth-order valence-corrected chi connectivity index (χ4v) is 3.50. The van der Waals surface area contributed by atoms with Crippen LogP contribution in [0.3, 0.4) is 0 Å². The number of nitrogens with zero attached hydrogens (tertiary/aromatic N) is 3. The van der Waals surface area contributed by atoms with Gasteiger partial charge in [0, 0.05) is 49.7 Å². The van der Waals surface area contributed by atoms with Crippen LogP contribution < -0.4 is 10.2 Å². The largest absolute Gasteiger partial charge is 0.383 e. The van der Waals surface area contributed by atoms with E-state index < -0.39 is 0 Å². The highest BCUT2D eigenvalue weighted by atomic mass is 32.1. The molecule has 21 heavy (non-hydrogen) atoms. The van der Waals surface area contributed by atoms with Gasteiger partial charge in [0.15, 0.2) is 0 Å². The van der Waals surface area contributed by atoms with E-state index in [1.54, 1.807) is 18.6 Å². The number of anilines is 1. The van der Waals surface area contributed by atoms with E-state index in [9.17, 15) is 0 Å². The maximum absolute atomic E-state index is 5.09. The number of aromatic nitrogens is 2. The maximum Gasteiger partial charge on any atom is 0.205 e. The predicted molar refractivity (Wildman–Crippen MR) is 88.3 cm³/mol. The fourth-order valence-electron chi connectivity index (χ4n) is 2.54. The quantitative estimate of drug-likeness (QED) is 0.818. The second kappa shape index (κ2) is 7.51. The number of piperidine rings is 1. The molecule has 0 bridgehead atoms. The van der Waals surface area contributed by atoms with Crippen LogP contribution in [0.1, 0.15) is 45.9 Å². The molecule has 1 saturated heterocycles. The normalized spacial score (nSPS) is 20.0. The highest BCUT2D eigenvalue weighted by molar-refractivity contribution is 7.09. The van der Waals surface area contributed by atoms with Crippen molar-refractivity contribution in [3.05, 3.63) is 5.82 Å². The molecular weight excluding hydrogens is 284 g/mol. The van der Waals surface area contributed by atoms with Crippen molar-refractivity contribution in [3.63, 3.8) is 0 Å². The van der Waals surface area contributed by atoms with E-state index in [4.69, 9.17) is 9.72 Å². The number of nitrogens with one attached hydrogen (secondary N) is 1. The Morgan fingerprint density at radius 2 is 2.19 bits per heavy atom. The van der Waals surface area contributed by atoms with Crippen LogP contribution in [0.25, 0.3) is 0 Å². The van der Waals surface area contributed by atoms with Gasteiger partial charge < -0.3 is 15.0 Å². The lowest BCUT2D eigenvalue weighted by Gasteiger charge is -2.35. The molecule has 6 heteroatoms. The molecule has 1 aromatic rings. The van der Waals surface area contributed by atoms with Crippen molar-refractivity contribution in [2.75, 3.05) is 38.3 Å². The van der Waals surface area contributed by atoms with Crippen LogP contribution >= 0.6 is 11.5 Å². The summed E-state index contributed by atoms with van der Waals surface area (Å²) in [4.78, 5) is 7.22. The average Bonchev–Trinajstić information content (AvgIpc) is 2.94. The average molecular weight is 312 g/mol. The van der Waals surface area contributed by atoms with E-state index in [-0.39, 0.29) is 5.41 Å². The van der Waals surface area contributed by atoms with Crippen molar-refractivity contribution in [3.8, 4) is 0 Å². The molecule has 1 aromatic heterocycles. The van der Waals surface area contributed by atoms with E-state index in [0.717, 1.165) is 37.2 Å². The number of hydrogen-bond acceptors (Lipinski definition) is 6. The van der Waals surface area contributed by atoms with Crippen molar-refractivity contribution >= 4 is 16.7 Å². The van der Waals surface area contributed by atoms with Gasteiger partial charge in [-0.15, -0.1) is 0 Å². The molecule has 0 radical (unpaired) electrons. The lowest BCUT2D eigenvalue weighted by molar-refractivity contribution is 0.198. The topological polar surface area (TPSA) is 50.3 Å². The molecule has 1 atom stereocenters. The monoisotopic (exact) mass is 312 g/mol. The van der Waals surface area contributed by atoms with Gasteiger partial charge >= 0.3 is 0 Å². The van der Waals surface area contributed by atoms with Crippen LogP contribution in [-0.4, -0.2) is 48.8 Å². The molecule has 120 valence electrons. The van der Waals surface area contributed by atoms with Gasteiger partial charge in [0.2, 0.25) is 5.13 Å². The van der Waals surface area contributed by atoms with Gasteiger partial charge in [0.25, 0.3) is 0 Å². The number of rotatable bonds is 6. The van der Waals surface area contributed by atoms with Crippen molar-refractivity contribution in [2.45, 2.75) is 51.5 Å². The fraction of sp³-hybridized carbons (Fsp3) is 0.867. The van der Waals surface area contributed by atoms with Gasteiger partial charge in [-0.3, -0.25) is 0 Å². The van der Waals surface area contributed by atoms with Crippen LogP contribution in [0, 0.1) is 0 Å². The van der Waals surface area contributed by atoms with Gasteiger partial charge in [0.05, 0.1) is 6.61 Å². The van der Waals surface area contributed by atoms with Crippen LogP contribution in [0.2, 0.25) is 0 Å². The summed E-state index contributed by atoms with van der Waals surface area (Å²) in [6.07, 6.45) is 3.78. The van der Waals surface area contributed by atoms with Gasteiger partial charge in [-0.25, -0.2) is 4.98 Å². The minimum atomic E-state index is 0.0246. The molecule has 1 aliphatic rings. The van der Waals surface area contributed by atoms with E-state index in [1.807, 2.05) is 0 Å². The Kier molecular flexibility index (Phi) is 5.96. The third kappa shape index (κ3) is 4.63. The SMILES string of the molecule is COCCNCC1CCCCN1c1nc(C(C)(C)C)ns1. The van der Waals surface area contributed by atoms with Crippen LogP contribution in [0.4, 0.5) is 5.13 Å². The molecule has 0 saturated carbocycles. The van der Waals surface area contributed by atoms with E-state index in [1.165, 1.54) is 19.3 Å². The molecule has 2 rings (SSSR count). The zero-order chi connectivity index (χ0) is 15.3. The summed E-state index contributed by atoms with van der Waals surface area (Å²) in [7, 11) is 1.74. The second-order valence-electron chi connectivity index (χ2n) is 6.69. The van der Waals surface area contributed by atoms with Crippen LogP contribution in [-0.2, 0) is 10.2 Å². The summed E-state index contributed by atoms with van der Waals surface area (Å²) in [6.45, 7) is 10.3. The molecule has 5 nitrogen and oxygen atoms in total. The summed E-state index contributed by atoms with van der Waals surface area (Å²) in [5, 5.41) is 4.56. The Labute approximate surface area is 132 Å². The smallest absolute Gasteiger partial charge is 0.205 e. The number of ether oxygens (including phenoxy) is 1. The molecule has 0 amide bonds. The molecule has 2 heterocycles. The summed E-state index contributed by atoms with van der Waals surface area (Å²) in [6, 6.07) is 0.524. The molecule has 0 spiro atoms. The van der Waals surface area contributed by atoms with Crippen molar-refractivity contribution in [1.29, 1.82) is 0 Å². The zero-order valence-corrected chi connectivity index (χ0v) is 14.5. The molecule has 0 aromatic carbocycles. The van der Waals surface area contributed by atoms with Gasteiger partial charge in [-0.2, -0.15) is 4.37 Å². The van der Waals surface area contributed by atoms with E-state index in [0.29, 0.717) is 6.04 Å². The molecule has 0 aliphatic carbocycles. The third-order valence-corrected chi connectivity index (χ3v) is 4.58. The standard InChI is InChI=1S/C15H28N4OS/c1-15(2,3)13-17-14(21-18-13)19-9-6-5-7-12(19)11-16-8-10-20-4/h12,16H,5-11H2,1-4H3. The Morgan fingerprint density at radius 1 is 1.38 bits per heavy atom. The lowest BCUT2D eigenvalue weighted by Crippen LogP contribution is -2.46. The molecule has 1 N–H and O–H groups in total. The van der Waals surface area contributed by atoms with Crippen molar-refractivity contribution < 1.29 is 4.74 Å². The van der Waals surface area contributed by atoms with Gasteiger partial charge in [0.1, 0.15) is 5.82 Å². The minimum Gasteiger partial charge on any atom is -0.383 e. The molecule has 1 fully saturated rings. The van der Waals surface area contributed by atoms with E-state index in [2.05, 4.69) is 35.4 Å². The van der Waals surface area contributed by atoms with Crippen LogP contribution in [0.15, 0.2) is 0 Å². The Bertz CT molecular complexity index is 430. The Morgan fingerprint density at radius 3 is 2.86 bits per heavy atom. The highest BCUT2D eigenvalue weighted by Gasteiger charge is 2.27. The van der Waals surface area contributed by atoms with E-state index >= 15 is 0 Å². The first-order chi connectivity index (χ1) is 10.0. The Hall–Kier alpha value is -0.720. The molecule has 1 aliphatic heterocycles. The predicted octanol–water partition coefficient (Wildman–Crippen LogP) is 2.43. The van der Waals surface area contributed by atoms with Gasteiger partial charge in [-0.1, -0.05) is 20.8 Å². The maximum atomic E-state index is 5.09. The molecule has 1 unspecified atom stereocenters. The zero-order valence-electron chi connectivity index (χ0n) is 13.7. The number of methoxy groups -OCH3 is 1. The van der Waals surface area contributed by atoms with Crippen molar-refractivity contribution in [1.82, 2.24) is 14.7 Å². The summed E-state index contributed by atoms with van der Waals surface area (Å²) >= 11 is 1.54. The first kappa shape index (κ1) is 16.6. The van der Waals surface area contributed by atoms with Gasteiger partial charge in [-0.05, 0) is 19.3 Å². The van der Waals surface area contributed by atoms with Crippen molar-refractivity contribution in [2.24, 2.45) is 0 Å². The minimum absolute atomic E-state index is 0.0246. The first-order valence-electron chi connectivity index (χ1n) is 7.83. The lowest BCUT2D eigenvalue weighted by atomic mass is 9.96.